The van der Waals surface area contributed by atoms with Gasteiger partial charge in [-0.15, -0.1) is 0 Å². The highest BCUT2D eigenvalue weighted by Crippen LogP contribution is 2.41. The van der Waals surface area contributed by atoms with Crippen LogP contribution in [0.1, 0.15) is 0 Å². The van der Waals surface area contributed by atoms with E-state index in [1.807, 2.05) is 0 Å². The van der Waals surface area contributed by atoms with Gasteiger partial charge in [0.15, 0.2) is 0 Å². The Hall–Kier alpha value is -6.24. The smallest absolute Gasteiger partial charge is 0.00268 e. The molecule has 0 aliphatic rings. The average Bonchev–Trinajstić information content (AvgIpc) is 3.17. The monoisotopic (exact) mass is 608 g/mol. The van der Waals surface area contributed by atoms with Gasteiger partial charge < -0.3 is 0 Å². The zero-order chi connectivity index (χ0) is 31.9. The van der Waals surface area contributed by atoms with Crippen LogP contribution in [0.5, 0.6) is 0 Å². The predicted molar refractivity (Wildman–Crippen MR) is 206 cm³/mol. The molecule has 0 saturated carbocycles. The Kier molecular flexibility index (Phi) is 6.91. The summed E-state index contributed by atoms with van der Waals surface area (Å²) in [5.41, 5.74) is 12.4. The van der Waals surface area contributed by atoms with Crippen LogP contribution in [0.4, 0.5) is 0 Å². The Labute approximate surface area is 281 Å². The predicted octanol–water partition coefficient (Wildman–Crippen LogP) is 13.5. The average molecular weight is 609 g/mol. The zero-order valence-electron chi connectivity index (χ0n) is 26.5. The molecule has 224 valence electrons. The summed E-state index contributed by atoms with van der Waals surface area (Å²) in [4.78, 5) is 0. The molecule has 0 fully saturated rings. The molecule has 0 heterocycles. The van der Waals surface area contributed by atoms with E-state index in [4.69, 9.17) is 0 Å². The van der Waals surface area contributed by atoms with Crippen molar-refractivity contribution >= 4 is 32.3 Å². The van der Waals surface area contributed by atoms with Gasteiger partial charge in [0, 0.05) is 0 Å². The van der Waals surface area contributed by atoms with Crippen molar-refractivity contribution in [1.82, 2.24) is 0 Å². The van der Waals surface area contributed by atoms with E-state index in [1.54, 1.807) is 0 Å². The van der Waals surface area contributed by atoms with Gasteiger partial charge in [0.2, 0.25) is 0 Å². The molecule has 0 nitrogen and oxygen atoms in total. The van der Waals surface area contributed by atoms with Gasteiger partial charge in [0.05, 0.1) is 0 Å². The van der Waals surface area contributed by atoms with Crippen LogP contribution in [0.15, 0.2) is 194 Å². The molecule has 0 unspecified atom stereocenters. The van der Waals surface area contributed by atoms with Crippen LogP contribution in [0.25, 0.3) is 88.0 Å². The van der Waals surface area contributed by atoms with Crippen molar-refractivity contribution in [3.05, 3.63) is 194 Å². The number of rotatable bonds is 5. The third kappa shape index (κ3) is 4.96. The summed E-state index contributed by atoms with van der Waals surface area (Å²) in [6.45, 7) is 0. The molecule has 0 bridgehead atoms. The van der Waals surface area contributed by atoms with E-state index in [1.165, 1.54) is 88.0 Å². The van der Waals surface area contributed by atoms with Crippen LogP contribution in [-0.2, 0) is 0 Å². The van der Waals surface area contributed by atoms with Crippen LogP contribution in [0.2, 0.25) is 0 Å². The molecule has 0 N–H and O–H groups in total. The number of hydrogen-bond donors (Lipinski definition) is 0. The highest BCUT2D eigenvalue weighted by molar-refractivity contribution is 6.06. The second-order valence-electron chi connectivity index (χ2n) is 12.5. The summed E-state index contributed by atoms with van der Waals surface area (Å²) in [7, 11) is 0. The normalized spacial score (nSPS) is 11.3. The highest BCUT2D eigenvalue weighted by atomic mass is 14.2. The summed E-state index contributed by atoms with van der Waals surface area (Å²) >= 11 is 0. The maximum atomic E-state index is 2.35. The van der Waals surface area contributed by atoms with Crippen molar-refractivity contribution in [2.75, 3.05) is 0 Å². The topological polar surface area (TPSA) is 0 Å². The fraction of sp³-hybridized carbons (Fsp3) is 0. The SMILES string of the molecule is c1ccc(-c2c(-c3cccc(-c4cccc5ccccc45)c3)ccc3cc(-c4cccc(-c5cccc6ccccc56)c4)ccc23)cc1. The standard InChI is InChI=1S/C48H32/c1-2-14-35(15-3-1)48-46(40-21-9-20-39(32-40)45-25-11-17-34-13-5-7-23-43(34)45)29-27-41-31-37(26-28-47(41)48)36-18-8-19-38(30-36)44-24-10-16-33-12-4-6-22-42(33)44/h1-32H. The van der Waals surface area contributed by atoms with Crippen molar-refractivity contribution in [1.29, 1.82) is 0 Å². The van der Waals surface area contributed by atoms with Crippen LogP contribution in [0.3, 0.4) is 0 Å². The molecule has 0 amide bonds. The Morgan fingerprint density at radius 1 is 0.208 bits per heavy atom. The fourth-order valence-corrected chi connectivity index (χ4v) is 7.34. The van der Waals surface area contributed by atoms with E-state index < -0.39 is 0 Å². The van der Waals surface area contributed by atoms with E-state index in [0.29, 0.717) is 0 Å². The molecular weight excluding hydrogens is 577 g/mol. The minimum atomic E-state index is 1.22. The molecule has 0 aromatic heterocycles. The Morgan fingerprint density at radius 3 is 1.35 bits per heavy atom. The number of benzene rings is 9. The van der Waals surface area contributed by atoms with Gasteiger partial charge in [-0.25, -0.2) is 0 Å². The van der Waals surface area contributed by atoms with E-state index >= 15 is 0 Å². The molecule has 0 radical (unpaired) electrons. The van der Waals surface area contributed by atoms with Crippen molar-refractivity contribution in [3.8, 4) is 55.6 Å². The highest BCUT2D eigenvalue weighted by Gasteiger charge is 2.15. The molecule has 9 aromatic rings. The molecule has 9 rings (SSSR count). The summed E-state index contributed by atoms with van der Waals surface area (Å²) in [5, 5.41) is 7.56. The van der Waals surface area contributed by atoms with Gasteiger partial charge in [-0.2, -0.15) is 0 Å². The Bertz CT molecular complexity index is 2600. The van der Waals surface area contributed by atoms with Gasteiger partial charge in [-0.1, -0.05) is 176 Å². The fourth-order valence-electron chi connectivity index (χ4n) is 7.34. The van der Waals surface area contributed by atoms with Crippen LogP contribution in [-0.4, -0.2) is 0 Å². The molecule has 0 spiro atoms. The van der Waals surface area contributed by atoms with E-state index in [9.17, 15) is 0 Å². The molecule has 0 atom stereocenters. The third-order valence-electron chi connectivity index (χ3n) is 9.65. The van der Waals surface area contributed by atoms with Crippen LogP contribution >= 0.6 is 0 Å². The largest absolute Gasteiger partial charge is 0.0622 e. The van der Waals surface area contributed by atoms with Gasteiger partial charge >= 0.3 is 0 Å². The van der Waals surface area contributed by atoms with Gasteiger partial charge in [0.1, 0.15) is 0 Å². The van der Waals surface area contributed by atoms with E-state index in [2.05, 4.69) is 194 Å². The number of hydrogen-bond acceptors (Lipinski definition) is 0. The molecule has 9 aromatic carbocycles. The molecule has 0 saturated heterocycles. The summed E-state index contributed by atoms with van der Waals surface area (Å²) in [5.74, 6) is 0. The maximum Gasteiger partial charge on any atom is -0.00268 e. The van der Waals surface area contributed by atoms with Crippen LogP contribution < -0.4 is 0 Å². The van der Waals surface area contributed by atoms with Crippen molar-refractivity contribution in [2.45, 2.75) is 0 Å². The lowest BCUT2D eigenvalue weighted by atomic mass is 9.87. The van der Waals surface area contributed by atoms with Crippen molar-refractivity contribution in [2.24, 2.45) is 0 Å². The molecule has 0 aliphatic heterocycles. The lowest BCUT2D eigenvalue weighted by Gasteiger charge is -2.16. The minimum Gasteiger partial charge on any atom is -0.0622 e. The zero-order valence-corrected chi connectivity index (χ0v) is 26.5. The first-order chi connectivity index (χ1) is 23.8. The number of fused-ring (bicyclic) bond motifs is 3. The first-order valence-electron chi connectivity index (χ1n) is 16.6. The minimum absolute atomic E-state index is 1.22. The first-order valence-corrected chi connectivity index (χ1v) is 16.6. The summed E-state index contributed by atoms with van der Waals surface area (Å²) in [6, 6.07) is 70.8. The van der Waals surface area contributed by atoms with Crippen molar-refractivity contribution in [3.63, 3.8) is 0 Å². The van der Waals surface area contributed by atoms with Gasteiger partial charge in [-0.05, 0) is 106 Å². The molecule has 0 aliphatic carbocycles. The van der Waals surface area contributed by atoms with E-state index in [-0.39, 0.29) is 0 Å². The molecule has 48 heavy (non-hydrogen) atoms. The Morgan fingerprint density at radius 2 is 0.688 bits per heavy atom. The lowest BCUT2D eigenvalue weighted by Crippen LogP contribution is -1.90. The maximum absolute atomic E-state index is 2.35. The molecule has 0 heteroatoms. The summed E-state index contributed by atoms with van der Waals surface area (Å²) in [6.07, 6.45) is 0. The van der Waals surface area contributed by atoms with Gasteiger partial charge in [0.25, 0.3) is 0 Å². The first kappa shape index (κ1) is 28.0. The quantitative estimate of drug-likeness (QED) is 0.182. The summed E-state index contributed by atoms with van der Waals surface area (Å²) < 4.78 is 0. The Balaban J connectivity index is 1.17. The second-order valence-corrected chi connectivity index (χ2v) is 12.5. The second kappa shape index (κ2) is 11.8. The van der Waals surface area contributed by atoms with Gasteiger partial charge in [-0.3, -0.25) is 0 Å². The van der Waals surface area contributed by atoms with Crippen molar-refractivity contribution < 1.29 is 0 Å². The van der Waals surface area contributed by atoms with E-state index in [0.717, 1.165) is 0 Å². The molecular formula is C48H32. The van der Waals surface area contributed by atoms with Crippen LogP contribution in [0, 0.1) is 0 Å². The third-order valence-corrected chi connectivity index (χ3v) is 9.65. The lowest BCUT2D eigenvalue weighted by molar-refractivity contribution is 1.59.